The molecule has 0 saturated heterocycles. The molecule has 1 aromatic rings. The van der Waals surface area contributed by atoms with Crippen LogP contribution < -0.4 is 0 Å². The highest BCUT2D eigenvalue weighted by atomic mass is 79.9. The summed E-state index contributed by atoms with van der Waals surface area (Å²) >= 11 is 3.11. The van der Waals surface area contributed by atoms with E-state index >= 15 is 0 Å². The zero-order valence-corrected chi connectivity index (χ0v) is 5.64. The smallest absolute Gasteiger partial charge is 0.137 e. The van der Waals surface area contributed by atoms with Crippen LogP contribution in [0.5, 0.6) is 5.75 Å². The van der Waals surface area contributed by atoms with E-state index in [1.165, 1.54) is 0 Å². The van der Waals surface area contributed by atoms with Crippen LogP contribution >= 0.6 is 15.9 Å². The first kappa shape index (κ1) is 5.63. The number of phenols is 1. The van der Waals surface area contributed by atoms with Crippen LogP contribution in [0.15, 0.2) is 22.7 Å². The lowest BCUT2D eigenvalue weighted by Gasteiger charge is -1.89. The summed E-state index contributed by atoms with van der Waals surface area (Å²) in [6.45, 7) is 0. The number of rotatable bonds is 0. The van der Waals surface area contributed by atoms with Crippen molar-refractivity contribution in [2.24, 2.45) is 0 Å². The van der Waals surface area contributed by atoms with Crippen LogP contribution in [0.4, 0.5) is 0 Å². The molecular weight excluding hydrogens is 168 g/mol. The number of para-hydroxylation sites is 1. The van der Waals surface area contributed by atoms with Crippen molar-refractivity contribution < 1.29 is 5.11 Å². The minimum Gasteiger partial charge on any atom is -0.506 e. The largest absolute Gasteiger partial charge is 0.506 e. The lowest BCUT2D eigenvalue weighted by Crippen LogP contribution is -1.64. The molecule has 8 heavy (non-hydrogen) atoms. The molecule has 1 radical (unpaired) electrons. The second-order valence-electron chi connectivity index (χ2n) is 1.37. The maximum absolute atomic E-state index is 8.82. The van der Waals surface area contributed by atoms with E-state index in [1.54, 1.807) is 18.2 Å². The average Bonchev–Trinajstić information content (AvgIpc) is 1.77. The Morgan fingerprint density at radius 1 is 1.62 bits per heavy atom. The summed E-state index contributed by atoms with van der Waals surface area (Å²) in [7, 11) is 0. The van der Waals surface area contributed by atoms with Gasteiger partial charge in [-0.15, -0.1) is 0 Å². The van der Waals surface area contributed by atoms with E-state index in [0.29, 0.717) is 4.47 Å². The summed E-state index contributed by atoms with van der Waals surface area (Å²) in [6.07, 6.45) is 0. The van der Waals surface area contributed by atoms with Gasteiger partial charge in [-0.25, -0.2) is 0 Å². The van der Waals surface area contributed by atoms with Crippen molar-refractivity contribution in [3.05, 3.63) is 28.7 Å². The monoisotopic (exact) mass is 171 g/mol. The summed E-state index contributed by atoms with van der Waals surface area (Å²) in [5.74, 6) is 0.160. The normalized spacial score (nSPS) is 9.12. The number of hydrogen-bond acceptors (Lipinski definition) is 1. The average molecular weight is 172 g/mol. The number of benzene rings is 1. The minimum absolute atomic E-state index is 0.160. The molecule has 0 atom stereocenters. The van der Waals surface area contributed by atoms with Crippen molar-refractivity contribution >= 4 is 15.9 Å². The molecule has 0 saturated carbocycles. The quantitative estimate of drug-likeness (QED) is 0.634. The zero-order valence-electron chi connectivity index (χ0n) is 4.06. The summed E-state index contributed by atoms with van der Waals surface area (Å²) < 4.78 is 0.681. The predicted molar refractivity (Wildman–Crippen MR) is 34.6 cm³/mol. The Balaban J connectivity index is 3.13. The Morgan fingerprint density at radius 2 is 2.38 bits per heavy atom. The van der Waals surface area contributed by atoms with Gasteiger partial charge in [0, 0.05) is 6.07 Å². The van der Waals surface area contributed by atoms with Gasteiger partial charge in [-0.3, -0.25) is 0 Å². The first-order valence-electron chi connectivity index (χ1n) is 2.16. The highest BCUT2D eigenvalue weighted by Gasteiger charge is 1.90. The highest BCUT2D eigenvalue weighted by molar-refractivity contribution is 9.10. The minimum atomic E-state index is 0.160. The van der Waals surface area contributed by atoms with Crippen LogP contribution in [0, 0.1) is 6.07 Å². The highest BCUT2D eigenvalue weighted by Crippen LogP contribution is 2.20. The van der Waals surface area contributed by atoms with Gasteiger partial charge in [0.05, 0.1) is 4.47 Å². The molecule has 0 aromatic heterocycles. The molecule has 41 valence electrons. The summed E-state index contributed by atoms with van der Waals surface area (Å²) in [4.78, 5) is 0. The molecule has 0 spiro atoms. The van der Waals surface area contributed by atoms with Crippen LogP contribution in [0.25, 0.3) is 0 Å². The Kier molecular flexibility index (Phi) is 1.53. The molecule has 0 aliphatic rings. The maximum atomic E-state index is 8.82. The molecule has 2 heteroatoms. The number of aromatic hydroxyl groups is 1. The number of hydrogen-bond donors (Lipinski definition) is 1. The van der Waals surface area contributed by atoms with Gasteiger partial charge in [-0.2, -0.15) is 0 Å². The van der Waals surface area contributed by atoms with Crippen molar-refractivity contribution in [3.63, 3.8) is 0 Å². The van der Waals surface area contributed by atoms with E-state index in [1.807, 2.05) is 0 Å². The van der Waals surface area contributed by atoms with Gasteiger partial charge in [-0.1, -0.05) is 12.1 Å². The van der Waals surface area contributed by atoms with E-state index in [4.69, 9.17) is 5.11 Å². The second kappa shape index (κ2) is 2.18. The van der Waals surface area contributed by atoms with E-state index < -0.39 is 0 Å². The summed E-state index contributed by atoms with van der Waals surface area (Å²) in [5, 5.41) is 8.82. The van der Waals surface area contributed by atoms with Crippen LogP contribution in [0.1, 0.15) is 0 Å². The Labute approximate surface area is 56.1 Å². The zero-order chi connectivity index (χ0) is 5.98. The molecule has 0 aliphatic carbocycles. The van der Waals surface area contributed by atoms with Crippen LogP contribution in [0.2, 0.25) is 0 Å². The fourth-order valence-electron chi connectivity index (χ4n) is 0.408. The van der Waals surface area contributed by atoms with E-state index in [9.17, 15) is 0 Å². The van der Waals surface area contributed by atoms with Crippen LogP contribution in [-0.2, 0) is 0 Å². The van der Waals surface area contributed by atoms with Crippen molar-refractivity contribution in [2.75, 3.05) is 0 Å². The Morgan fingerprint density at radius 3 is 2.75 bits per heavy atom. The van der Waals surface area contributed by atoms with E-state index in [0.717, 1.165) is 0 Å². The lowest BCUT2D eigenvalue weighted by molar-refractivity contribution is 0.471. The number of halogens is 1. The van der Waals surface area contributed by atoms with Gasteiger partial charge in [0.15, 0.2) is 0 Å². The Hall–Kier alpha value is -0.500. The number of phenolic OH excluding ortho intramolecular Hbond substituents is 1. The van der Waals surface area contributed by atoms with Crippen molar-refractivity contribution in [1.29, 1.82) is 0 Å². The van der Waals surface area contributed by atoms with Gasteiger partial charge in [0.1, 0.15) is 5.75 Å². The third-order valence-electron chi connectivity index (χ3n) is 0.785. The van der Waals surface area contributed by atoms with Gasteiger partial charge < -0.3 is 5.11 Å². The topological polar surface area (TPSA) is 20.2 Å². The van der Waals surface area contributed by atoms with Gasteiger partial charge in [-0.05, 0) is 22.0 Å². The third-order valence-corrected chi connectivity index (χ3v) is 1.42. The van der Waals surface area contributed by atoms with Gasteiger partial charge in [0.25, 0.3) is 0 Å². The fourth-order valence-corrected chi connectivity index (χ4v) is 0.675. The van der Waals surface area contributed by atoms with Crippen molar-refractivity contribution in [1.82, 2.24) is 0 Å². The second-order valence-corrected chi connectivity index (χ2v) is 2.22. The standard InChI is InChI=1S/C6H4BrO/c7-5-3-1-2-4-6(5)8/h1-3,8H. The SMILES string of the molecule is Oc1[c]cccc1Br. The first-order valence-corrected chi connectivity index (χ1v) is 2.95. The molecule has 1 nitrogen and oxygen atoms in total. The third kappa shape index (κ3) is 1.01. The van der Waals surface area contributed by atoms with Crippen LogP contribution in [0.3, 0.4) is 0 Å². The van der Waals surface area contributed by atoms with E-state index in [-0.39, 0.29) is 5.75 Å². The van der Waals surface area contributed by atoms with E-state index in [2.05, 4.69) is 22.0 Å². The Bertz CT molecular complexity index is 165. The van der Waals surface area contributed by atoms with Gasteiger partial charge in [0.2, 0.25) is 0 Å². The fraction of sp³-hybridized carbons (Fsp3) is 0. The lowest BCUT2D eigenvalue weighted by atomic mass is 10.3. The summed E-state index contributed by atoms with van der Waals surface area (Å²) in [5.41, 5.74) is 0. The molecule has 1 rings (SSSR count). The maximum Gasteiger partial charge on any atom is 0.137 e. The molecule has 0 heterocycles. The molecule has 1 aromatic carbocycles. The first-order chi connectivity index (χ1) is 3.80. The van der Waals surface area contributed by atoms with Crippen molar-refractivity contribution in [3.8, 4) is 5.75 Å². The molecule has 0 unspecified atom stereocenters. The predicted octanol–water partition coefficient (Wildman–Crippen LogP) is 1.95. The summed E-state index contributed by atoms with van der Waals surface area (Å²) in [6, 6.07) is 7.81. The van der Waals surface area contributed by atoms with Crippen molar-refractivity contribution in [2.45, 2.75) is 0 Å². The molecular formula is C6H4BrO. The molecule has 1 N–H and O–H groups in total. The van der Waals surface area contributed by atoms with Gasteiger partial charge >= 0.3 is 0 Å². The van der Waals surface area contributed by atoms with Crippen LogP contribution in [-0.4, -0.2) is 5.11 Å². The molecule has 0 aliphatic heterocycles. The molecule has 0 amide bonds. The molecule has 0 fully saturated rings. The molecule has 0 bridgehead atoms.